The predicted molar refractivity (Wildman–Crippen MR) is 85.0 cm³/mol. The van der Waals surface area contributed by atoms with Gasteiger partial charge in [0.25, 0.3) is 0 Å². The van der Waals surface area contributed by atoms with Crippen LogP contribution in [0, 0.1) is 0 Å². The number of hydrogen-bond donors (Lipinski definition) is 2. The van der Waals surface area contributed by atoms with Crippen molar-refractivity contribution >= 4 is 17.5 Å². The van der Waals surface area contributed by atoms with Gasteiger partial charge in [0, 0.05) is 16.6 Å². The molecule has 3 nitrogen and oxygen atoms in total. The second kappa shape index (κ2) is 7.09. The molecule has 4 heteroatoms. The third-order valence-electron chi connectivity index (χ3n) is 3.61. The Balaban J connectivity index is 2.59. The van der Waals surface area contributed by atoms with Gasteiger partial charge in [-0.15, -0.1) is 0 Å². The van der Waals surface area contributed by atoms with Gasteiger partial charge in [-0.05, 0) is 51.8 Å². The van der Waals surface area contributed by atoms with E-state index in [1.165, 1.54) is 0 Å². The van der Waals surface area contributed by atoms with E-state index in [9.17, 15) is 4.79 Å². The average Bonchev–Trinajstić information content (AvgIpc) is 2.38. The number of hydrogen-bond acceptors (Lipinski definition) is 2. The lowest BCUT2D eigenvalue weighted by Crippen LogP contribution is -2.51. The number of carbonyl (C=O) groups excluding carboxylic acids is 1. The van der Waals surface area contributed by atoms with Gasteiger partial charge in [-0.3, -0.25) is 10.1 Å². The zero-order valence-electron chi connectivity index (χ0n) is 13.0. The van der Waals surface area contributed by atoms with Crippen molar-refractivity contribution in [1.82, 2.24) is 10.6 Å². The van der Waals surface area contributed by atoms with Crippen LogP contribution < -0.4 is 10.6 Å². The van der Waals surface area contributed by atoms with Gasteiger partial charge in [0.15, 0.2) is 0 Å². The van der Waals surface area contributed by atoms with Crippen LogP contribution >= 0.6 is 11.6 Å². The Bertz CT molecular complexity index is 442. The molecule has 112 valence electrons. The zero-order chi connectivity index (χ0) is 15.3. The highest BCUT2D eigenvalue weighted by atomic mass is 35.5. The van der Waals surface area contributed by atoms with Crippen molar-refractivity contribution in [1.29, 1.82) is 0 Å². The highest BCUT2D eigenvalue weighted by Crippen LogP contribution is 2.16. The topological polar surface area (TPSA) is 41.1 Å². The van der Waals surface area contributed by atoms with Gasteiger partial charge >= 0.3 is 0 Å². The Morgan fingerprint density at radius 3 is 2.30 bits per heavy atom. The van der Waals surface area contributed by atoms with E-state index < -0.39 is 0 Å². The second-order valence-corrected chi connectivity index (χ2v) is 6.32. The van der Waals surface area contributed by atoms with Crippen molar-refractivity contribution < 1.29 is 4.79 Å². The van der Waals surface area contributed by atoms with Gasteiger partial charge in [-0.25, -0.2) is 0 Å². The first-order chi connectivity index (χ1) is 9.25. The third-order valence-corrected chi connectivity index (χ3v) is 3.86. The van der Waals surface area contributed by atoms with E-state index in [1.807, 2.05) is 52.0 Å². The van der Waals surface area contributed by atoms with Gasteiger partial charge in [-0.1, -0.05) is 30.7 Å². The molecule has 1 aromatic rings. The van der Waals surface area contributed by atoms with E-state index in [0.29, 0.717) is 0 Å². The number of halogens is 1. The summed E-state index contributed by atoms with van der Waals surface area (Å²) in [7, 11) is 0. The molecule has 0 radical (unpaired) electrons. The molecule has 1 unspecified atom stereocenters. The van der Waals surface area contributed by atoms with Gasteiger partial charge in [-0.2, -0.15) is 0 Å². The Morgan fingerprint density at radius 2 is 1.80 bits per heavy atom. The summed E-state index contributed by atoms with van der Waals surface area (Å²) in [6, 6.07) is 7.52. The number of carbonyl (C=O) groups is 1. The lowest BCUT2D eigenvalue weighted by atomic mass is 10.0. The Kier molecular flexibility index (Phi) is 6.03. The minimum Gasteiger partial charge on any atom is -0.350 e. The molecular formula is C16H25ClN2O. The van der Waals surface area contributed by atoms with Gasteiger partial charge in [0.2, 0.25) is 5.91 Å². The van der Waals surface area contributed by atoms with E-state index in [1.54, 1.807) is 0 Å². The molecule has 0 aliphatic rings. The quantitative estimate of drug-likeness (QED) is 0.841. The van der Waals surface area contributed by atoms with Crippen molar-refractivity contribution in [3.05, 3.63) is 34.9 Å². The molecular weight excluding hydrogens is 272 g/mol. The van der Waals surface area contributed by atoms with Crippen LogP contribution in [0.1, 0.15) is 52.6 Å². The molecule has 20 heavy (non-hydrogen) atoms. The minimum absolute atomic E-state index is 0.0256. The molecule has 0 aliphatic carbocycles. The third kappa shape index (κ3) is 5.14. The zero-order valence-corrected chi connectivity index (χ0v) is 13.7. The first kappa shape index (κ1) is 17.0. The normalized spacial score (nSPS) is 14.7. The van der Waals surface area contributed by atoms with Crippen LogP contribution in [0.5, 0.6) is 0 Å². The second-order valence-electron chi connectivity index (χ2n) is 5.89. The number of rotatable bonds is 6. The highest BCUT2D eigenvalue weighted by Gasteiger charge is 2.22. The number of amides is 1. The fraction of sp³-hybridized carbons (Fsp3) is 0.562. The van der Waals surface area contributed by atoms with E-state index in [-0.39, 0.29) is 23.5 Å². The smallest absolute Gasteiger partial charge is 0.237 e. The maximum absolute atomic E-state index is 12.1. The predicted octanol–water partition coefficient (Wildman–Crippen LogP) is 3.68. The Morgan fingerprint density at radius 1 is 1.25 bits per heavy atom. The van der Waals surface area contributed by atoms with Crippen molar-refractivity contribution in [2.24, 2.45) is 0 Å². The largest absolute Gasteiger partial charge is 0.350 e. The molecule has 1 aromatic carbocycles. The van der Waals surface area contributed by atoms with Crippen LogP contribution in [0.25, 0.3) is 0 Å². The van der Waals surface area contributed by atoms with Gasteiger partial charge in [0.05, 0.1) is 6.04 Å². The molecule has 0 aliphatic heterocycles. The summed E-state index contributed by atoms with van der Waals surface area (Å²) >= 11 is 5.88. The fourth-order valence-electron chi connectivity index (χ4n) is 1.83. The summed E-state index contributed by atoms with van der Waals surface area (Å²) < 4.78 is 0. The van der Waals surface area contributed by atoms with E-state index in [2.05, 4.69) is 17.6 Å². The standard InChI is InChI=1S/C16H25ClN2O/c1-6-16(4,5)19-15(20)12(3)18-11(2)13-7-9-14(17)10-8-13/h7-12,18H,6H2,1-5H3,(H,19,20)/t11-,12?/m0/s1. The maximum Gasteiger partial charge on any atom is 0.237 e. The summed E-state index contributed by atoms with van der Waals surface area (Å²) in [5, 5.41) is 7.07. The van der Waals surface area contributed by atoms with Crippen LogP contribution in [0.4, 0.5) is 0 Å². The van der Waals surface area contributed by atoms with Crippen LogP contribution in [-0.2, 0) is 4.79 Å². The molecule has 1 amide bonds. The highest BCUT2D eigenvalue weighted by molar-refractivity contribution is 6.30. The molecule has 0 saturated heterocycles. The lowest BCUT2D eigenvalue weighted by molar-refractivity contribution is -0.124. The fourth-order valence-corrected chi connectivity index (χ4v) is 1.95. The van der Waals surface area contributed by atoms with Gasteiger partial charge in [0.1, 0.15) is 0 Å². The average molecular weight is 297 g/mol. The van der Waals surface area contributed by atoms with E-state index in [0.717, 1.165) is 17.0 Å². The summed E-state index contributed by atoms with van der Waals surface area (Å²) in [5.41, 5.74) is 0.945. The van der Waals surface area contributed by atoms with Gasteiger partial charge < -0.3 is 5.32 Å². The van der Waals surface area contributed by atoms with Crippen LogP contribution in [0.3, 0.4) is 0 Å². The molecule has 0 saturated carbocycles. The van der Waals surface area contributed by atoms with E-state index in [4.69, 9.17) is 11.6 Å². The summed E-state index contributed by atoms with van der Waals surface area (Å²) in [6.45, 7) is 10.0. The van der Waals surface area contributed by atoms with Crippen molar-refractivity contribution in [2.45, 2.75) is 58.7 Å². The van der Waals surface area contributed by atoms with Crippen LogP contribution in [0.15, 0.2) is 24.3 Å². The molecule has 2 N–H and O–H groups in total. The maximum atomic E-state index is 12.1. The monoisotopic (exact) mass is 296 g/mol. The molecule has 0 heterocycles. The summed E-state index contributed by atoms with van der Waals surface area (Å²) in [5.74, 6) is 0.0256. The van der Waals surface area contributed by atoms with Crippen molar-refractivity contribution in [3.8, 4) is 0 Å². The SMILES string of the molecule is CCC(C)(C)NC(=O)C(C)N[C@@H](C)c1ccc(Cl)cc1. The molecule has 0 spiro atoms. The molecule has 2 atom stereocenters. The van der Waals surface area contributed by atoms with Crippen LogP contribution in [-0.4, -0.2) is 17.5 Å². The Hall–Kier alpha value is -1.06. The van der Waals surface area contributed by atoms with Crippen molar-refractivity contribution in [2.75, 3.05) is 0 Å². The summed E-state index contributed by atoms with van der Waals surface area (Å²) in [4.78, 5) is 12.1. The van der Waals surface area contributed by atoms with E-state index >= 15 is 0 Å². The molecule has 0 bridgehead atoms. The number of nitrogens with one attached hydrogen (secondary N) is 2. The first-order valence-corrected chi connectivity index (χ1v) is 7.46. The first-order valence-electron chi connectivity index (χ1n) is 7.08. The van der Waals surface area contributed by atoms with Crippen LogP contribution in [0.2, 0.25) is 5.02 Å². The Labute approximate surface area is 127 Å². The minimum atomic E-state index is -0.244. The molecule has 0 aromatic heterocycles. The summed E-state index contributed by atoms with van der Waals surface area (Å²) in [6.07, 6.45) is 0.901. The van der Waals surface area contributed by atoms with Crippen molar-refractivity contribution in [3.63, 3.8) is 0 Å². The molecule has 1 rings (SSSR count). The number of benzene rings is 1. The molecule has 0 fully saturated rings. The lowest BCUT2D eigenvalue weighted by Gasteiger charge is -2.28.